The second kappa shape index (κ2) is 7.93. The van der Waals surface area contributed by atoms with E-state index in [-0.39, 0.29) is 18.5 Å². The molecule has 21 heavy (non-hydrogen) atoms. The van der Waals surface area contributed by atoms with Crippen LogP contribution in [0.4, 0.5) is 4.79 Å². The van der Waals surface area contributed by atoms with Crippen LogP contribution < -0.4 is 0 Å². The van der Waals surface area contributed by atoms with Gasteiger partial charge in [-0.15, -0.1) is 11.8 Å². The molecule has 0 unspecified atom stereocenters. The van der Waals surface area contributed by atoms with Gasteiger partial charge in [-0.2, -0.15) is 0 Å². The second-order valence-electron chi connectivity index (χ2n) is 5.05. The van der Waals surface area contributed by atoms with Gasteiger partial charge >= 0.3 is 12.1 Å². The third kappa shape index (κ3) is 5.30. The second-order valence-corrected chi connectivity index (χ2v) is 6.08. The van der Waals surface area contributed by atoms with E-state index in [4.69, 9.17) is 9.84 Å². The summed E-state index contributed by atoms with van der Waals surface area (Å²) in [5, 5.41) is 8.60. The van der Waals surface area contributed by atoms with Gasteiger partial charge < -0.3 is 14.7 Å². The van der Waals surface area contributed by atoms with Crippen molar-refractivity contribution in [1.82, 2.24) is 4.90 Å². The Morgan fingerprint density at radius 1 is 1.33 bits per heavy atom. The van der Waals surface area contributed by atoms with Gasteiger partial charge in [0.05, 0.1) is 5.75 Å². The quantitative estimate of drug-likeness (QED) is 0.874. The number of ether oxygens (including phenoxy) is 1. The largest absolute Gasteiger partial charge is 0.481 e. The molecular formula is C15H19NO4S. The monoisotopic (exact) mass is 309 g/mol. The van der Waals surface area contributed by atoms with E-state index in [9.17, 15) is 9.59 Å². The number of likely N-dealkylation sites (tertiary alicyclic amines) is 1. The minimum absolute atomic E-state index is 0.120. The molecule has 1 aliphatic rings. The first kappa shape index (κ1) is 15.7. The van der Waals surface area contributed by atoms with Crippen LogP contribution in [0.3, 0.4) is 0 Å². The molecule has 1 saturated heterocycles. The van der Waals surface area contributed by atoms with Crippen LogP contribution in [0, 0.1) is 5.92 Å². The molecular weight excluding hydrogens is 290 g/mol. The van der Waals surface area contributed by atoms with Gasteiger partial charge in [0.1, 0.15) is 6.61 Å². The number of amides is 1. The minimum Gasteiger partial charge on any atom is -0.481 e. The van der Waals surface area contributed by atoms with Gasteiger partial charge in [-0.25, -0.2) is 4.79 Å². The molecule has 1 N–H and O–H groups in total. The average molecular weight is 309 g/mol. The summed E-state index contributed by atoms with van der Waals surface area (Å²) in [5.74, 6) is 0.458. The Hall–Kier alpha value is -1.69. The normalized spacial score (nSPS) is 17.7. The van der Waals surface area contributed by atoms with Crippen LogP contribution in [0.5, 0.6) is 0 Å². The molecule has 1 aromatic carbocycles. The summed E-state index contributed by atoms with van der Waals surface area (Å²) in [5.41, 5.74) is 0.971. The standard InChI is InChI=1S/C15H19NO4S/c17-14(18)11-21-10-13-6-7-16(8-13)15(19)20-9-12-4-2-1-3-5-12/h1-5,13H,6-11H2,(H,17,18)/t13-/m1/s1. The Morgan fingerprint density at radius 3 is 2.81 bits per heavy atom. The van der Waals surface area contributed by atoms with Crippen LogP contribution in [0.25, 0.3) is 0 Å². The summed E-state index contributed by atoms with van der Waals surface area (Å²) >= 11 is 1.40. The van der Waals surface area contributed by atoms with Gasteiger partial charge in [-0.05, 0) is 23.7 Å². The van der Waals surface area contributed by atoms with Gasteiger partial charge in [0.15, 0.2) is 0 Å². The molecule has 2 rings (SSSR count). The molecule has 1 fully saturated rings. The van der Waals surface area contributed by atoms with Gasteiger partial charge in [0.25, 0.3) is 0 Å². The molecule has 0 aliphatic carbocycles. The molecule has 0 aromatic heterocycles. The van der Waals surface area contributed by atoms with E-state index < -0.39 is 5.97 Å². The maximum absolute atomic E-state index is 11.9. The summed E-state index contributed by atoms with van der Waals surface area (Å²) in [4.78, 5) is 24.1. The molecule has 1 amide bonds. The van der Waals surface area contributed by atoms with Crippen LogP contribution >= 0.6 is 11.8 Å². The van der Waals surface area contributed by atoms with Crippen molar-refractivity contribution >= 4 is 23.8 Å². The summed E-state index contributed by atoms with van der Waals surface area (Å²) in [6.07, 6.45) is 0.622. The van der Waals surface area contributed by atoms with E-state index in [1.807, 2.05) is 30.3 Å². The number of hydrogen-bond acceptors (Lipinski definition) is 4. The topological polar surface area (TPSA) is 66.8 Å². The Balaban J connectivity index is 1.68. The van der Waals surface area contributed by atoms with Gasteiger partial charge in [0, 0.05) is 13.1 Å². The number of thioether (sulfide) groups is 1. The lowest BCUT2D eigenvalue weighted by atomic mass is 10.2. The van der Waals surface area contributed by atoms with Crippen molar-refractivity contribution in [1.29, 1.82) is 0 Å². The Morgan fingerprint density at radius 2 is 2.10 bits per heavy atom. The van der Waals surface area contributed by atoms with Gasteiger partial charge in [-0.1, -0.05) is 30.3 Å². The predicted molar refractivity (Wildman–Crippen MR) is 81.3 cm³/mol. The number of nitrogens with zero attached hydrogens (tertiary/aromatic N) is 1. The number of carbonyl (C=O) groups is 2. The van der Waals surface area contributed by atoms with Gasteiger partial charge in [0.2, 0.25) is 0 Å². The number of benzene rings is 1. The van der Waals surface area contributed by atoms with E-state index in [0.29, 0.717) is 19.0 Å². The Labute approximate surface area is 128 Å². The molecule has 1 atom stereocenters. The first-order chi connectivity index (χ1) is 10.1. The third-order valence-electron chi connectivity index (χ3n) is 3.33. The molecule has 5 nitrogen and oxygen atoms in total. The zero-order valence-electron chi connectivity index (χ0n) is 11.7. The molecule has 0 spiro atoms. The number of aliphatic carboxylic acids is 1. The van der Waals surface area contributed by atoms with Gasteiger partial charge in [-0.3, -0.25) is 4.79 Å². The Kier molecular flexibility index (Phi) is 5.92. The zero-order valence-corrected chi connectivity index (χ0v) is 12.6. The molecule has 114 valence electrons. The summed E-state index contributed by atoms with van der Waals surface area (Å²) < 4.78 is 5.29. The molecule has 1 aliphatic heterocycles. The summed E-state index contributed by atoms with van der Waals surface area (Å²) in [6, 6.07) is 9.58. The molecule has 0 bridgehead atoms. The van der Waals surface area contributed by atoms with Crippen LogP contribution in [-0.2, 0) is 16.1 Å². The first-order valence-corrected chi connectivity index (χ1v) is 8.06. The van der Waals surface area contributed by atoms with Crippen molar-refractivity contribution in [2.45, 2.75) is 13.0 Å². The lowest BCUT2D eigenvalue weighted by Gasteiger charge is -2.16. The van der Waals surface area contributed by atoms with Crippen molar-refractivity contribution in [2.24, 2.45) is 5.92 Å². The maximum atomic E-state index is 11.9. The molecule has 0 saturated carbocycles. The highest BCUT2D eigenvalue weighted by molar-refractivity contribution is 7.99. The molecule has 6 heteroatoms. The average Bonchev–Trinajstić information content (AvgIpc) is 2.94. The van der Waals surface area contributed by atoms with Crippen LogP contribution in [0.15, 0.2) is 30.3 Å². The molecule has 1 aromatic rings. The number of hydrogen-bond donors (Lipinski definition) is 1. The zero-order chi connectivity index (χ0) is 15.1. The van der Waals surface area contributed by atoms with Crippen molar-refractivity contribution in [3.63, 3.8) is 0 Å². The highest BCUT2D eigenvalue weighted by atomic mass is 32.2. The highest BCUT2D eigenvalue weighted by Gasteiger charge is 2.27. The molecule has 0 radical (unpaired) electrons. The Bertz CT molecular complexity index is 480. The highest BCUT2D eigenvalue weighted by Crippen LogP contribution is 2.21. The van der Waals surface area contributed by atoms with Crippen molar-refractivity contribution in [3.05, 3.63) is 35.9 Å². The fourth-order valence-corrected chi connectivity index (χ4v) is 3.16. The number of carbonyl (C=O) groups excluding carboxylic acids is 1. The number of carboxylic acid groups (broad SMARTS) is 1. The van der Waals surface area contributed by atoms with E-state index in [1.54, 1.807) is 4.90 Å². The van der Waals surface area contributed by atoms with Crippen LogP contribution in [0.1, 0.15) is 12.0 Å². The van der Waals surface area contributed by atoms with E-state index in [1.165, 1.54) is 11.8 Å². The first-order valence-electron chi connectivity index (χ1n) is 6.90. The smallest absolute Gasteiger partial charge is 0.410 e. The summed E-state index contributed by atoms with van der Waals surface area (Å²) in [6.45, 7) is 1.63. The molecule has 1 heterocycles. The third-order valence-corrected chi connectivity index (χ3v) is 4.49. The fourth-order valence-electron chi connectivity index (χ4n) is 2.26. The number of rotatable bonds is 6. The van der Waals surface area contributed by atoms with E-state index >= 15 is 0 Å². The minimum atomic E-state index is -0.794. The van der Waals surface area contributed by atoms with Crippen molar-refractivity contribution in [3.8, 4) is 0 Å². The van der Waals surface area contributed by atoms with Crippen LogP contribution in [0.2, 0.25) is 0 Å². The predicted octanol–water partition coefficient (Wildman–Crippen LogP) is 2.46. The summed E-state index contributed by atoms with van der Waals surface area (Å²) in [7, 11) is 0. The lowest BCUT2D eigenvalue weighted by Crippen LogP contribution is -2.29. The van der Waals surface area contributed by atoms with E-state index in [2.05, 4.69) is 0 Å². The van der Waals surface area contributed by atoms with Crippen LogP contribution in [-0.4, -0.2) is 46.7 Å². The number of carboxylic acids is 1. The lowest BCUT2D eigenvalue weighted by molar-refractivity contribution is -0.133. The van der Waals surface area contributed by atoms with Crippen molar-refractivity contribution in [2.75, 3.05) is 24.6 Å². The maximum Gasteiger partial charge on any atom is 0.410 e. The SMILES string of the molecule is O=C(O)CSC[C@@H]1CCN(C(=O)OCc2ccccc2)C1. The van der Waals surface area contributed by atoms with Crippen molar-refractivity contribution < 1.29 is 19.4 Å². The fraction of sp³-hybridized carbons (Fsp3) is 0.467. The van der Waals surface area contributed by atoms with E-state index in [0.717, 1.165) is 17.7 Å².